The predicted molar refractivity (Wildman–Crippen MR) is 46.9 cm³/mol. The van der Waals surface area contributed by atoms with Crippen LogP contribution >= 0.6 is 0 Å². The smallest absolute Gasteiger partial charge is 0.338 e. The third-order valence-corrected chi connectivity index (χ3v) is 3.29. The molecule has 0 spiro atoms. The molecule has 1 saturated carbocycles. The van der Waals surface area contributed by atoms with Gasteiger partial charge < -0.3 is 9.84 Å². The minimum atomic E-state index is -4.28. The van der Waals surface area contributed by atoms with Crippen molar-refractivity contribution in [1.29, 1.82) is 0 Å². The van der Waals surface area contributed by atoms with Gasteiger partial charge >= 0.3 is 6.18 Å². The van der Waals surface area contributed by atoms with Crippen LogP contribution in [0.1, 0.15) is 30.5 Å². The van der Waals surface area contributed by atoms with Crippen molar-refractivity contribution in [2.45, 2.75) is 30.4 Å². The van der Waals surface area contributed by atoms with Gasteiger partial charge in [-0.05, 0) is 12.8 Å². The number of hydrogen-bond acceptors (Lipinski definition) is 4. The molecule has 0 bridgehead atoms. The molecular formula is C9H10F3N3O. The minimum absolute atomic E-state index is 0.0566. The van der Waals surface area contributed by atoms with Gasteiger partial charge in [-0.25, -0.2) is 0 Å². The van der Waals surface area contributed by atoms with Crippen LogP contribution in [-0.2, 0) is 5.41 Å². The first-order valence-electron chi connectivity index (χ1n) is 5.14. The van der Waals surface area contributed by atoms with Crippen LogP contribution in [0.5, 0.6) is 0 Å². The molecule has 0 atom stereocenters. The molecule has 1 aromatic heterocycles. The van der Waals surface area contributed by atoms with Gasteiger partial charge in [0.15, 0.2) is 5.82 Å². The van der Waals surface area contributed by atoms with E-state index in [2.05, 4.69) is 15.5 Å². The summed E-state index contributed by atoms with van der Waals surface area (Å²) in [6.07, 6.45) is -4.17. The summed E-state index contributed by atoms with van der Waals surface area (Å²) in [6.45, 7) is 1.41. The maximum absolute atomic E-state index is 12.7. The Morgan fingerprint density at radius 3 is 2.44 bits per heavy atom. The predicted octanol–water partition coefficient (Wildman–Crippen LogP) is 1.35. The number of alkyl halides is 3. The first-order valence-corrected chi connectivity index (χ1v) is 5.14. The Labute approximate surface area is 89.2 Å². The van der Waals surface area contributed by atoms with E-state index in [0.29, 0.717) is 18.9 Å². The van der Waals surface area contributed by atoms with E-state index in [9.17, 15) is 13.2 Å². The summed E-state index contributed by atoms with van der Waals surface area (Å²) >= 11 is 0. The maximum atomic E-state index is 12.7. The fourth-order valence-electron chi connectivity index (χ4n) is 1.81. The number of halogens is 3. The molecule has 0 radical (unpaired) electrons. The summed E-state index contributed by atoms with van der Waals surface area (Å²) in [5, 5.41) is 6.64. The molecule has 3 rings (SSSR count). The lowest BCUT2D eigenvalue weighted by Crippen LogP contribution is -2.40. The Hall–Kier alpha value is -1.11. The van der Waals surface area contributed by atoms with E-state index in [1.54, 1.807) is 0 Å². The van der Waals surface area contributed by atoms with Gasteiger partial charge in [0.1, 0.15) is 5.41 Å². The fourth-order valence-corrected chi connectivity index (χ4v) is 1.81. The van der Waals surface area contributed by atoms with Crippen LogP contribution in [0.15, 0.2) is 4.52 Å². The third kappa shape index (κ3) is 1.27. The Morgan fingerprint density at radius 1 is 1.31 bits per heavy atom. The Morgan fingerprint density at radius 2 is 2.00 bits per heavy atom. The summed E-state index contributed by atoms with van der Waals surface area (Å²) in [7, 11) is 0. The van der Waals surface area contributed by atoms with Crippen molar-refractivity contribution in [2.24, 2.45) is 0 Å². The van der Waals surface area contributed by atoms with E-state index in [-0.39, 0.29) is 24.7 Å². The van der Waals surface area contributed by atoms with E-state index in [1.807, 2.05) is 0 Å². The van der Waals surface area contributed by atoms with Gasteiger partial charge in [0.05, 0.1) is 0 Å². The Kier molecular flexibility index (Phi) is 1.87. The Bertz CT molecular complexity index is 406. The molecule has 1 aliphatic heterocycles. The van der Waals surface area contributed by atoms with Crippen LogP contribution in [0.4, 0.5) is 13.2 Å². The van der Waals surface area contributed by atoms with Gasteiger partial charge in [0.25, 0.3) is 0 Å². The van der Waals surface area contributed by atoms with Crippen molar-refractivity contribution in [3.05, 3.63) is 11.7 Å². The maximum Gasteiger partial charge on any atom is 0.403 e. The SMILES string of the molecule is FC(F)(F)C1(c2nc(C3CNC3)no2)CC1. The van der Waals surface area contributed by atoms with E-state index >= 15 is 0 Å². The molecule has 1 aromatic rings. The zero-order chi connectivity index (χ0) is 11.4. The number of aromatic nitrogens is 2. The van der Waals surface area contributed by atoms with Crippen molar-refractivity contribution in [3.63, 3.8) is 0 Å². The van der Waals surface area contributed by atoms with E-state index in [1.165, 1.54) is 0 Å². The van der Waals surface area contributed by atoms with Crippen LogP contribution in [0, 0.1) is 0 Å². The zero-order valence-corrected chi connectivity index (χ0v) is 8.34. The van der Waals surface area contributed by atoms with Crippen LogP contribution in [-0.4, -0.2) is 29.4 Å². The molecule has 1 saturated heterocycles. The lowest BCUT2D eigenvalue weighted by Gasteiger charge is -2.23. The van der Waals surface area contributed by atoms with Crippen molar-refractivity contribution in [1.82, 2.24) is 15.5 Å². The number of nitrogens with zero attached hydrogens (tertiary/aromatic N) is 2. The lowest BCUT2D eigenvalue weighted by atomic mass is 10.0. The van der Waals surface area contributed by atoms with Gasteiger partial charge in [-0.15, -0.1) is 0 Å². The number of rotatable bonds is 2. The average Bonchev–Trinajstić information content (AvgIpc) is 2.79. The van der Waals surface area contributed by atoms with Crippen LogP contribution < -0.4 is 5.32 Å². The van der Waals surface area contributed by atoms with E-state index in [4.69, 9.17) is 4.52 Å². The molecule has 16 heavy (non-hydrogen) atoms. The first kappa shape index (κ1) is 10.1. The molecule has 0 aromatic carbocycles. The summed E-state index contributed by atoms with van der Waals surface area (Å²) in [5.41, 5.74) is -1.85. The fraction of sp³-hybridized carbons (Fsp3) is 0.778. The van der Waals surface area contributed by atoms with Crippen molar-refractivity contribution < 1.29 is 17.7 Å². The molecule has 1 aliphatic carbocycles. The zero-order valence-electron chi connectivity index (χ0n) is 8.34. The molecule has 7 heteroatoms. The highest BCUT2D eigenvalue weighted by atomic mass is 19.4. The second-order valence-electron chi connectivity index (χ2n) is 4.39. The first-order chi connectivity index (χ1) is 7.53. The summed E-state index contributed by atoms with van der Waals surface area (Å²) in [6, 6.07) is 0. The van der Waals surface area contributed by atoms with Crippen LogP contribution in [0.25, 0.3) is 0 Å². The van der Waals surface area contributed by atoms with Crippen molar-refractivity contribution in [2.75, 3.05) is 13.1 Å². The normalized spacial score (nSPS) is 24.2. The molecule has 2 fully saturated rings. The average molecular weight is 233 g/mol. The quantitative estimate of drug-likeness (QED) is 0.837. The monoisotopic (exact) mass is 233 g/mol. The van der Waals surface area contributed by atoms with Gasteiger partial charge in [0, 0.05) is 19.0 Å². The molecule has 1 N–H and O–H groups in total. The molecule has 0 unspecified atom stereocenters. The molecule has 88 valence electrons. The summed E-state index contributed by atoms with van der Waals surface area (Å²) in [5.74, 6) is 0.229. The van der Waals surface area contributed by atoms with Crippen molar-refractivity contribution >= 4 is 0 Å². The van der Waals surface area contributed by atoms with Gasteiger partial charge in [-0.3, -0.25) is 0 Å². The molecule has 2 heterocycles. The Balaban J connectivity index is 1.87. The lowest BCUT2D eigenvalue weighted by molar-refractivity contribution is -0.166. The number of hydrogen-bond donors (Lipinski definition) is 1. The van der Waals surface area contributed by atoms with E-state index < -0.39 is 11.6 Å². The molecule has 4 nitrogen and oxygen atoms in total. The largest absolute Gasteiger partial charge is 0.403 e. The molecular weight excluding hydrogens is 223 g/mol. The van der Waals surface area contributed by atoms with Gasteiger partial charge in [0.2, 0.25) is 5.89 Å². The van der Waals surface area contributed by atoms with Crippen LogP contribution in [0.3, 0.4) is 0 Å². The highest BCUT2D eigenvalue weighted by molar-refractivity contribution is 5.20. The second kappa shape index (κ2) is 2.97. The molecule has 0 amide bonds. The summed E-state index contributed by atoms with van der Waals surface area (Å²) in [4.78, 5) is 3.90. The standard InChI is InChI=1S/C9H10F3N3O/c10-9(11,12)8(1-2-8)7-14-6(15-16-7)5-3-13-4-5/h5,13H,1-4H2. The summed E-state index contributed by atoms with van der Waals surface area (Å²) < 4.78 is 43.0. The van der Waals surface area contributed by atoms with Crippen molar-refractivity contribution in [3.8, 4) is 0 Å². The van der Waals surface area contributed by atoms with Crippen LogP contribution in [0.2, 0.25) is 0 Å². The highest BCUT2D eigenvalue weighted by Gasteiger charge is 2.68. The molecule has 2 aliphatic rings. The minimum Gasteiger partial charge on any atom is -0.338 e. The third-order valence-electron chi connectivity index (χ3n) is 3.29. The highest BCUT2D eigenvalue weighted by Crippen LogP contribution is 2.58. The van der Waals surface area contributed by atoms with Gasteiger partial charge in [-0.2, -0.15) is 18.2 Å². The van der Waals surface area contributed by atoms with E-state index in [0.717, 1.165) is 0 Å². The topological polar surface area (TPSA) is 51.0 Å². The number of nitrogens with one attached hydrogen (secondary N) is 1. The second-order valence-corrected chi connectivity index (χ2v) is 4.39. The van der Waals surface area contributed by atoms with Gasteiger partial charge in [-0.1, -0.05) is 5.16 Å².